The van der Waals surface area contributed by atoms with Crippen LogP contribution in [0.15, 0.2) is 52.0 Å². The molecule has 10 heteroatoms. The van der Waals surface area contributed by atoms with Crippen molar-refractivity contribution in [3.63, 3.8) is 0 Å². The van der Waals surface area contributed by atoms with Crippen LogP contribution in [0, 0.1) is 0 Å². The lowest BCUT2D eigenvalue weighted by molar-refractivity contribution is 0.0941. The average Bonchev–Trinajstić information content (AvgIpc) is 3.22. The molecule has 2 N–H and O–H groups in total. The number of hydrogen-bond donors (Lipinski definition) is 2. The van der Waals surface area contributed by atoms with Crippen molar-refractivity contribution in [2.75, 3.05) is 11.5 Å². The zero-order valence-electron chi connectivity index (χ0n) is 13.7. The van der Waals surface area contributed by atoms with E-state index in [2.05, 4.69) is 10.0 Å². The Labute approximate surface area is 151 Å². The number of carbonyl (C=O) groups is 1. The Balaban J connectivity index is 1.63. The number of sulfone groups is 1. The highest BCUT2D eigenvalue weighted by atomic mass is 32.2. The van der Waals surface area contributed by atoms with Crippen molar-refractivity contribution < 1.29 is 26.0 Å². The van der Waals surface area contributed by atoms with Crippen molar-refractivity contribution in [2.45, 2.75) is 23.9 Å². The van der Waals surface area contributed by atoms with Gasteiger partial charge < -0.3 is 9.73 Å². The zero-order valence-corrected chi connectivity index (χ0v) is 15.3. The smallest absolute Gasteiger partial charge is 0.251 e. The first-order chi connectivity index (χ1) is 12.3. The summed E-state index contributed by atoms with van der Waals surface area (Å²) in [4.78, 5) is 12.2. The molecule has 1 saturated heterocycles. The molecule has 1 atom stereocenters. The van der Waals surface area contributed by atoms with E-state index in [1.54, 1.807) is 12.1 Å². The fourth-order valence-electron chi connectivity index (χ4n) is 2.63. The van der Waals surface area contributed by atoms with Gasteiger partial charge in [-0.2, -0.15) is 0 Å². The molecular formula is C16H18N2O6S2. The minimum absolute atomic E-state index is 0.0176. The topological polar surface area (TPSA) is 123 Å². The summed E-state index contributed by atoms with van der Waals surface area (Å²) in [5, 5.41) is 2.66. The van der Waals surface area contributed by atoms with Crippen LogP contribution in [0.3, 0.4) is 0 Å². The second kappa shape index (κ2) is 7.22. The fraction of sp³-hybridized carbons (Fsp3) is 0.312. The van der Waals surface area contributed by atoms with Gasteiger partial charge in [-0.1, -0.05) is 0 Å². The molecule has 3 rings (SSSR count). The molecule has 1 aromatic heterocycles. The average molecular weight is 398 g/mol. The van der Waals surface area contributed by atoms with Gasteiger partial charge in [-0.05, 0) is 42.8 Å². The van der Waals surface area contributed by atoms with Gasteiger partial charge in [0.15, 0.2) is 9.84 Å². The predicted octanol–water partition coefficient (Wildman–Crippen LogP) is 0.675. The number of benzene rings is 1. The third-order valence-electron chi connectivity index (χ3n) is 4.01. The predicted molar refractivity (Wildman–Crippen MR) is 93.7 cm³/mol. The Morgan fingerprint density at radius 3 is 2.50 bits per heavy atom. The highest BCUT2D eigenvalue weighted by molar-refractivity contribution is 7.91. The summed E-state index contributed by atoms with van der Waals surface area (Å²) in [6.07, 6.45) is 1.84. The Kier molecular flexibility index (Phi) is 5.17. The lowest BCUT2D eigenvalue weighted by Crippen LogP contribution is -2.35. The van der Waals surface area contributed by atoms with E-state index in [1.165, 1.54) is 30.5 Å². The van der Waals surface area contributed by atoms with Gasteiger partial charge in [0, 0.05) is 11.6 Å². The normalized spacial score (nSPS) is 19.3. The summed E-state index contributed by atoms with van der Waals surface area (Å²) in [5.74, 6) is 0.0499. The lowest BCUT2D eigenvalue weighted by Gasteiger charge is -2.11. The van der Waals surface area contributed by atoms with Crippen molar-refractivity contribution >= 4 is 25.8 Å². The van der Waals surface area contributed by atoms with Crippen molar-refractivity contribution in [1.82, 2.24) is 10.0 Å². The van der Waals surface area contributed by atoms with Crippen molar-refractivity contribution in [3.05, 3.63) is 54.0 Å². The van der Waals surface area contributed by atoms with Gasteiger partial charge in [-0.3, -0.25) is 4.79 Å². The Hall–Kier alpha value is -2.17. The number of hydrogen-bond acceptors (Lipinski definition) is 6. The van der Waals surface area contributed by atoms with Gasteiger partial charge in [0.25, 0.3) is 5.91 Å². The van der Waals surface area contributed by atoms with E-state index in [0.717, 1.165) is 0 Å². The van der Waals surface area contributed by atoms with E-state index in [0.29, 0.717) is 12.2 Å². The van der Waals surface area contributed by atoms with Gasteiger partial charge >= 0.3 is 0 Å². The Morgan fingerprint density at radius 2 is 1.92 bits per heavy atom. The number of carbonyl (C=O) groups excluding carboxylic acids is 1. The second-order valence-electron chi connectivity index (χ2n) is 6.00. The van der Waals surface area contributed by atoms with Crippen LogP contribution in [0.2, 0.25) is 0 Å². The van der Waals surface area contributed by atoms with E-state index in [4.69, 9.17) is 4.42 Å². The van der Waals surface area contributed by atoms with Gasteiger partial charge in [0.2, 0.25) is 10.0 Å². The molecule has 0 radical (unpaired) electrons. The Morgan fingerprint density at radius 1 is 1.19 bits per heavy atom. The third-order valence-corrected chi connectivity index (χ3v) is 7.20. The number of nitrogens with one attached hydrogen (secondary N) is 2. The monoisotopic (exact) mass is 398 g/mol. The maximum absolute atomic E-state index is 12.2. The molecule has 1 amide bonds. The maximum atomic E-state index is 12.2. The van der Waals surface area contributed by atoms with Crippen LogP contribution in [0.25, 0.3) is 0 Å². The fourth-order valence-corrected chi connectivity index (χ4v) is 5.29. The summed E-state index contributed by atoms with van der Waals surface area (Å²) in [5.41, 5.74) is 0.263. The number of rotatable bonds is 6. The molecule has 0 aliphatic carbocycles. The second-order valence-corrected chi connectivity index (χ2v) is 10.00. The highest BCUT2D eigenvalue weighted by Gasteiger charge is 2.29. The van der Waals surface area contributed by atoms with Crippen molar-refractivity contribution in [1.29, 1.82) is 0 Å². The first-order valence-electron chi connectivity index (χ1n) is 7.89. The third kappa shape index (κ3) is 4.51. The lowest BCUT2D eigenvalue weighted by atomic mass is 10.2. The molecule has 8 nitrogen and oxygen atoms in total. The quantitative estimate of drug-likeness (QED) is 0.738. The van der Waals surface area contributed by atoms with Crippen LogP contribution < -0.4 is 10.0 Å². The summed E-state index contributed by atoms with van der Waals surface area (Å²) < 4.78 is 54.8. The number of amides is 1. The highest BCUT2D eigenvalue weighted by Crippen LogP contribution is 2.14. The zero-order chi connectivity index (χ0) is 18.8. The standard InChI is InChI=1S/C16H18N2O6S2/c19-16(18-13-7-9-25(20,21)11-13)12-3-5-15(6-4-12)26(22,23)17-10-14-2-1-8-24-14/h1-6,8,13,17H,7,9-11H2,(H,18,19). The Bertz CT molecular complexity index is 980. The summed E-state index contributed by atoms with van der Waals surface area (Å²) >= 11 is 0. The van der Waals surface area contributed by atoms with Crippen LogP contribution in [-0.4, -0.2) is 40.3 Å². The van der Waals surface area contributed by atoms with Gasteiger partial charge in [0.05, 0.1) is 29.2 Å². The summed E-state index contributed by atoms with van der Waals surface area (Å²) in [6.45, 7) is 0.0216. The van der Waals surface area contributed by atoms with Crippen molar-refractivity contribution in [2.24, 2.45) is 0 Å². The minimum atomic E-state index is -3.74. The number of furan rings is 1. The molecule has 1 aromatic carbocycles. The van der Waals surface area contributed by atoms with Crippen LogP contribution in [0.5, 0.6) is 0 Å². The van der Waals surface area contributed by atoms with E-state index in [9.17, 15) is 21.6 Å². The SMILES string of the molecule is O=C(NC1CCS(=O)(=O)C1)c1ccc(S(=O)(=O)NCc2ccco2)cc1. The molecule has 140 valence electrons. The molecule has 1 aliphatic rings. The van der Waals surface area contributed by atoms with Gasteiger partial charge in [-0.15, -0.1) is 0 Å². The van der Waals surface area contributed by atoms with Crippen molar-refractivity contribution in [3.8, 4) is 0 Å². The number of sulfonamides is 1. The molecule has 1 fully saturated rings. The molecule has 2 heterocycles. The molecule has 0 saturated carbocycles. The molecule has 1 aliphatic heterocycles. The maximum Gasteiger partial charge on any atom is 0.251 e. The molecule has 26 heavy (non-hydrogen) atoms. The van der Waals surface area contributed by atoms with Gasteiger partial charge in [0.1, 0.15) is 5.76 Å². The molecular weight excluding hydrogens is 380 g/mol. The van der Waals surface area contributed by atoms with Crippen LogP contribution >= 0.6 is 0 Å². The first-order valence-corrected chi connectivity index (χ1v) is 11.2. The minimum Gasteiger partial charge on any atom is -0.468 e. The van der Waals surface area contributed by atoms with E-state index in [1.807, 2.05) is 0 Å². The summed E-state index contributed by atoms with van der Waals surface area (Å²) in [6, 6.07) is 8.33. The van der Waals surface area contributed by atoms with E-state index < -0.39 is 31.8 Å². The molecule has 1 unspecified atom stereocenters. The van der Waals surface area contributed by atoms with Gasteiger partial charge in [-0.25, -0.2) is 21.6 Å². The first kappa shape index (κ1) is 18.6. The van der Waals surface area contributed by atoms with Crippen LogP contribution in [-0.2, 0) is 26.4 Å². The van der Waals surface area contributed by atoms with Crippen LogP contribution in [0.1, 0.15) is 22.5 Å². The van der Waals surface area contributed by atoms with E-state index in [-0.39, 0.29) is 28.5 Å². The van der Waals surface area contributed by atoms with Crippen LogP contribution in [0.4, 0.5) is 0 Å². The molecule has 0 spiro atoms. The largest absolute Gasteiger partial charge is 0.468 e. The molecule has 2 aromatic rings. The van der Waals surface area contributed by atoms with E-state index >= 15 is 0 Å². The molecule has 0 bridgehead atoms. The summed E-state index contributed by atoms with van der Waals surface area (Å²) in [7, 11) is -6.82.